The number of nitrogens with one attached hydrogen (secondary N) is 1. The maximum absolute atomic E-state index is 13.4. The summed E-state index contributed by atoms with van der Waals surface area (Å²) >= 11 is 0. The molecule has 2 aromatic rings. The van der Waals surface area contributed by atoms with Crippen LogP contribution in [0.1, 0.15) is 72.3 Å². The van der Waals surface area contributed by atoms with Crippen molar-refractivity contribution in [2.75, 3.05) is 26.2 Å². The molecule has 1 atom stereocenters. The van der Waals surface area contributed by atoms with Crippen LogP contribution in [0.2, 0.25) is 0 Å². The van der Waals surface area contributed by atoms with Crippen LogP contribution in [0.3, 0.4) is 0 Å². The Bertz CT molecular complexity index is 1000. The summed E-state index contributed by atoms with van der Waals surface area (Å²) in [6.45, 7) is 2.29. The third-order valence-corrected chi connectivity index (χ3v) is 7.36. The molecule has 2 amide bonds. The Kier molecular flexibility index (Phi) is 6.65. The van der Waals surface area contributed by atoms with E-state index in [0.29, 0.717) is 44.3 Å². The number of H-pyrrole nitrogens is 1. The van der Waals surface area contributed by atoms with Crippen LogP contribution in [0.4, 0.5) is 0 Å². The predicted octanol–water partition coefficient (Wildman–Crippen LogP) is 3.53. The molecule has 1 aromatic carbocycles. The van der Waals surface area contributed by atoms with Gasteiger partial charge in [0.2, 0.25) is 5.91 Å². The summed E-state index contributed by atoms with van der Waals surface area (Å²) in [4.78, 5) is 30.4. The summed E-state index contributed by atoms with van der Waals surface area (Å²) in [5.41, 5.74) is 3.94. The number of hydrogen-bond acceptors (Lipinski definition) is 4. The Hall–Kier alpha value is -2.83. The number of rotatable bonds is 1. The number of amides is 2. The van der Waals surface area contributed by atoms with Crippen molar-refractivity contribution in [1.29, 1.82) is 0 Å². The first kappa shape index (κ1) is 22.0. The van der Waals surface area contributed by atoms with Crippen LogP contribution >= 0.6 is 0 Å². The highest BCUT2D eigenvalue weighted by atomic mass is 16.5. The largest absolute Gasteiger partial charge is 0.492 e. The van der Waals surface area contributed by atoms with Gasteiger partial charge in [0.25, 0.3) is 5.91 Å². The Morgan fingerprint density at radius 1 is 1.00 bits per heavy atom. The monoisotopic (exact) mass is 450 g/mol. The maximum atomic E-state index is 13.4. The van der Waals surface area contributed by atoms with E-state index in [2.05, 4.69) is 27.2 Å². The van der Waals surface area contributed by atoms with Crippen LogP contribution in [0.5, 0.6) is 5.75 Å². The molecule has 0 spiro atoms. The first-order valence-corrected chi connectivity index (χ1v) is 12.6. The van der Waals surface area contributed by atoms with Gasteiger partial charge in [-0.3, -0.25) is 14.7 Å². The van der Waals surface area contributed by atoms with Crippen molar-refractivity contribution < 1.29 is 14.3 Å². The highest BCUT2D eigenvalue weighted by Gasteiger charge is 2.29. The first-order valence-electron chi connectivity index (χ1n) is 12.6. The van der Waals surface area contributed by atoms with E-state index in [1.54, 1.807) is 0 Å². The fraction of sp³-hybridized carbons (Fsp3) is 0.577. The van der Waals surface area contributed by atoms with Crippen molar-refractivity contribution in [3.05, 3.63) is 46.8 Å². The number of nitrogens with zero attached hydrogens (tertiary/aromatic N) is 3. The molecule has 1 N–H and O–H groups in total. The molecular formula is C26H34N4O3. The Labute approximate surface area is 195 Å². The first-order chi connectivity index (χ1) is 16.2. The van der Waals surface area contributed by atoms with E-state index in [9.17, 15) is 9.59 Å². The molecule has 1 aliphatic carbocycles. The fourth-order valence-corrected chi connectivity index (χ4v) is 5.55. The van der Waals surface area contributed by atoms with Gasteiger partial charge in [-0.15, -0.1) is 0 Å². The summed E-state index contributed by atoms with van der Waals surface area (Å²) < 4.78 is 6.04. The number of fused-ring (bicyclic) bond motifs is 4. The predicted molar refractivity (Wildman–Crippen MR) is 125 cm³/mol. The molecule has 1 aromatic heterocycles. The fourth-order valence-electron chi connectivity index (χ4n) is 5.55. The lowest BCUT2D eigenvalue weighted by Gasteiger charge is -2.36. The van der Waals surface area contributed by atoms with Gasteiger partial charge in [-0.2, -0.15) is 5.10 Å². The molecule has 3 heterocycles. The molecule has 2 bridgehead atoms. The second-order valence-corrected chi connectivity index (χ2v) is 9.55. The highest BCUT2D eigenvalue weighted by Crippen LogP contribution is 2.26. The number of aryl methyl sites for hydroxylation is 2. The second kappa shape index (κ2) is 9.98. The molecule has 7 nitrogen and oxygen atoms in total. The van der Waals surface area contributed by atoms with Crippen LogP contribution in [-0.2, 0) is 24.1 Å². The third kappa shape index (κ3) is 4.92. The molecule has 5 rings (SSSR count). The standard InChI is InChI=1S/C26H34N4O3/c31-24-11-5-14-29(26(32)25-22-9-4-10-23(22)27-28-25)16-17-33-21-8-3-6-19(18-21)12-13-20-7-1-2-15-30(20)24/h3,6,8,18,20H,1-2,4-5,7,9-17H2,(H,27,28). The molecule has 0 saturated carbocycles. The summed E-state index contributed by atoms with van der Waals surface area (Å²) in [6.07, 6.45) is 9.35. The van der Waals surface area contributed by atoms with Crippen LogP contribution in [0.25, 0.3) is 0 Å². The summed E-state index contributed by atoms with van der Waals surface area (Å²) in [6, 6.07) is 8.55. The van der Waals surface area contributed by atoms with Crippen molar-refractivity contribution in [2.24, 2.45) is 0 Å². The summed E-state index contributed by atoms with van der Waals surface area (Å²) in [5.74, 6) is 1.01. The number of ether oxygens (including phenoxy) is 1. The normalized spacial score (nSPS) is 22.1. The summed E-state index contributed by atoms with van der Waals surface area (Å²) in [7, 11) is 0. The van der Waals surface area contributed by atoms with Gasteiger partial charge in [0.05, 0.1) is 6.54 Å². The van der Waals surface area contributed by atoms with Crippen molar-refractivity contribution in [2.45, 2.75) is 70.3 Å². The van der Waals surface area contributed by atoms with Gasteiger partial charge in [-0.1, -0.05) is 12.1 Å². The van der Waals surface area contributed by atoms with Gasteiger partial charge in [0.15, 0.2) is 5.69 Å². The van der Waals surface area contributed by atoms with Gasteiger partial charge in [-0.25, -0.2) is 0 Å². The molecule has 1 unspecified atom stereocenters. The van der Waals surface area contributed by atoms with Crippen molar-refractivity contribution in [3.8, 4) is 5.75 Å². The van der Waals surface area contributed by atoms with E-state index in [1.165, 1.54) is 12.0 Å². The molecule has 176 valence electrons. The maximum Gasteiger partial charge on any atom is 0.274 e. The summed E-state index contributed by atoms with van der Waals surface area (Å²) in [5, 5.41) is 7.39. The number of aromatic nitrogens is 2. The number of aromatic amines is 1. The zero-order valence-electron chi connectivity index (χ0n) is 19.4. The number of benzene rings is 1. The minimum absolute atomic E-state index is 0.0561. The average molecular weight is 451 g/mol. The number of hydrogen-bond donors (Lipinski definition) is 1. The molecule has 3 aliphatic rings. The van der Waals surface area contributed by atoms with Gasteiger partial charge in [-0.05, 0) is 75.5 Å². The topological polar surface area (TPSA) is 78.5 Å². The van der Waals surface area contributed by atoms with Crippen LogP contribution in [0, 0.1) is 0 Å². The van der Waals surface area contributed by atoms with E-state index < -0.39 is 0 Å². The van der Waals surface area contributed by atoms with Crippen molar-refractivity contribution in [3.63, 3.8) is 0 Å². The number of piperidine rings is 1. The number of carbonyl (C=O) groups excluding carboxylic acids is 2. The Balaban J connectivity index is 1.35. The van der Waals surface area contributed by atoms with E-state index >= 15 is 0 Å². The lowest BCUT2D eigenvalue weighted by molar-refractivity contribution is -0.135. The van der Waals surface area contributed by atoms with Crippen LogP contribution < -0.4 is 4.74 Å². The Morgan fingerprint density at radius 3 is 2.88 bits per heavy atom. The van der Waals surface area contributed by atoms with E-state index in [4.69, 9.17) is 4.74 Å². The van der Waals surface area contributed by atoms with Crippen molar-refractivity contribution in [1.82, 2.24) is 20.0 Å². The van der Waals surface area contributed by atoms with Crippen LogP contribution in [0.15, 0.2) is 24.3 Å². The van der Waals surface area contributed by atoms with E-state index in [0.717, 1.165) is 68.5 Å². The quantitative estimate of drug-likeness (QED) is 0.721. The molecule has 33 heavy (non-hydrogen) atoms. The van der Waals surface area contributed by atoms with Crippen LogP contribution in [-0.4, -0.2) is 64.1 Å². The average Bonchev–Trinajstić information content (AvgIpc) is 3.45. The lowest BCUT2D eigenvalue weighted by atomic mass is 9.95. The molecule has 7 heteroatoms. The molecule has 0 radical (unpaired) electrons. The lowest BCUT2D eigenvalue weighted by Crippen LogP contribution is -2.44. The zero-order chi connectivity index (χ0) is 22.6. The van der Waals surface area contributed by atoms with Gasteiger partial charge in [0, 0.05) is 36.8 Å². The highest BCUT2D eigenvalue weighted by molar-refractivity contribution is 5.94. The van der Waals surface area contributed by atoms with E-state index in [1.807, 2.05) is 17.0 Å². The van der Waals surface area contributed by atoms with Gasteiger partial charge < -0.3 is 14.5 Å². The minimum Gasteiger partial charge on any atom is -0.492 e. The Morgan fingerprint density at radius 2 is 1.94 bits per heavy atom. The zero-order valence-corrected chi connectivity index (χ0v) is 19.4. The molecule has 2 aliphatic heterocycles. The second-order valence-electron chi connectivity index (χ2n) is 9.55. The molecule has 1 fully saturated rings. The van der Waals surface area contributed by atoms with E-state index in [-0.39, 0.29) is 11.8 Å². The van der Waals surface area contributed by atoms with Gasteiger partial charge >= 0.3 is 0 Å². The SMILES string of the molecule is O=C(c1n[nH]c2c1CCC2)N1CCCC(=O)N2CCCCC2CCc2cccc(c2)OCC1. The third-order valence-electron chi connectivity index (χ3n) is 7.36. The molecular weight excluding hydrogens is 416 g/mol. The molecule has 1 saturated heterocycles. The van der Waals surface area contributed by atoms with Gasteiger partial charge in [0.1, 0.15) is 12.4 Å². The minimum atomic E-state index is -0.0561. The van der Waals surface area contributed by atoms with Crippen molar-refractivity contribution >= 4 is 11.8 Å². The number of carbonyl (C=O) groups is 2. The smallest absolute Gasteiger partial charge is 0.274 e.